The maximum atomic E-state index is 11.7. The number of nitrogens with zero attached hydrogens (tertiary/aromatic N) is 1. The molecule has 0 aromatic rings. The Bertz CT molecular complexity index is 279. The van der Waals surface area contributed by atoms with E-state index in [1.165, 1.54) is 25.9 Å². The van der Waals surface area contributed by atoms with Crippen LogP contribution in [0.3, 0.4) is 0 Å². The van der Waals surface area contributed by atoms with Gasteiger partial charge in [0, 0.05) is 14.1 Å². The van der Waals surface area contributed by atoms with Crippen LogP contribution in [0.1, 0.15) is 6.92 Å². The molecule has 0 bridgehead atoms. The zero-order valence-corrected chi connectivity index (χ0v) is 9.89. The average Bonchev–Trinajstić information content (AvgIpc) is 2.13. The topological polar surface area (TPSA) is 61.4 Å². The maximum Gasteiger partial charge on any atom is 0.401 e. The minimum absolute atomic E-state index is 0.325. The Morgan fingerprint density at radius 3 is 2.24 bits per heavy atom. The van der Waals surface area contributed by atoms with Gasteiger partial charge in [0.1, 0.15) is 6.04 Å². The second-order valence-electron chi connectivity index (χ2n) is 3.74. The van der Waals surface area contributed by atoms with Gasteiger partial charge in [0.15, 0.2) is 0 Å². The van der Waals surface area contributed by atoms with Crippen LogP contribution in [0.5, 0.6) is 0 Å². The van der Waals surface area contributed by atoms with E-state index in [-0.39, 0.29) is 5.91 Å². The van der Waals surface area contributed by atoms with Crippen molar-refractivity contribution in [2.45, 2.75) is 19.1 Å². The molecule has 0 aliphatic heterocycles. The number of nitrogens with one attached hydrogen (secondary N) is 2. The Morgan fingerprint density at radius 2 is 1.82 bits per heavy atom. The van der Waals surface area contributed by atoms with Crippen molar-refractivity contribution in [3.05, 3.63) is 0 Å². The van der Waals surface area contributed by atoms with Gasteiger partial charge in [-0.15, -0.1) is 0 Å². The molecule has 17 heavy (non-hydrogen) atoms. The first-order chi connectivity index (χ1) is 7.63. The lowest BCUT2D eigenvalue weighted by atomic mass is 10.3. The van der Waals surface area contributed by atoms with E-state index >= 15 is 0 Å². The number of carbonyl (C=O) groups is 2. The number of rotatable bonds is 5. The average molecular weight is 255 g/mol. The summed E-state index contributed by atoms with van der Waals surface area (Å²) in [6.45, 7) is -0.259. The third-order valence-corrected chi connectivity index (χ3v) is 1.80. The molecule has 0 heterocycles. The summed E-state index contributed by atoms with van der Waals surface area (Å²) >= 11 is 0. The minimum atomic E-state index is -4.36. The zero-order chi connectivity index (χ0) is 13.6. The largest absolute Gasteiger partial charge is 0.401 e. The van der Waals surface area contributed by atoms with E-state index in [4.69, 9.17) is 0 Å². The summed E-state index contributed by atoms with van der Waals surface area (Å²) in [6, 6.07) is -0.759. The molecule has 0 rings (SSSR count). The van der Waals surface area contributed by atoms with Gasteiger partial charge in [-0.05, 0) is 6.92 Å². The minimum Gasteiger partial charge on any atom is -0.347 e. The lowest BCUT2D eigenvalue weighted by Crippen LogP contribution is -2.47. The summed E-state index contributed by atoms with van der Waals surface area (Å²) < 4.78 is 35.2. The Morgan fingerprint density at radius 1 is 1.29 bits per heavy atom. The van der Waals surface area contributed by atoms with E-state index in [2.05, 4.69) is 5.32 Å². The van der Waals surface area contributed by atoms with Gasteiger partial charge < -0.3 is 15.5 Å². The van der Waals surface area contributed by atoms with Crippen molar-refractivity contribution in [2.75, 3.05) is 27.2 Å². The van der Waals surface area contributed by atoms with Gasteiger partial charge in [-0.25, -0.2) is 0 Å². The molecule has 2 N–H and O–H groups in total. The van der Waals surface area contributed by atoms with Crippen molar-refractivity contribution in [1.82, 2.24) is 15.5 Å². The lowest BCUT2D eigenvalue weighted by Gasteiger charge is -2.18. The van der Waals surface area contributed by atoms with Crippen LogP contribution in [0.15, 0.2) is 0 Å². The smallest absolute Gasteiger partial charge is 0.347 e. The van der Waals surface area contributed by atoms with E-state index in [1.54, 1.807) is 0 Å². The first-order valence-electron chi connectivity index (χ1n) is 4.91. The molecular formula is C9H16F3N3O2. The number of amides is 2. The Kier molecular flexibility index (Phi) is 5.94. The van der Waals surface area contributed by atoms with Crippen LogP contribution in [0, 0.1) is 0 Å². The number of alkyl halides is 3. The first kappa shape index (κ1) is 15.7. The highest BCUT2D eigenvalue weighted by Crippen LogP contribution is 2.11. The van der Waals surface area contributed by atoms with E-state index < -0.39 is 31.2 Å². The van der Waals surface area contributed by atoms with E-state index in [1.807, 2.05) is 5.32 Å². The predicted octanol–water partition coefficient (Wildman–Crippen LogP) is -0.269. The fourth-order valence-electron chi connectivity index (χ4n) is 1.06. The number of hydrogen-bond donors (Lipinski definition) is 2. The van der Waals surface area contributed by atoms with E-state index in [0.717, 1.165) is 0 Å². The van der Waals surface area contributed by atoms with Crippen molar-refractivity contribution in [2.24, 2.45) is 0 Å². The Hall–Kier alpha value is -1.31. The fraction of sp³-hybridized carbons (Fsp3) is 0.778. The van der Waals surface area contributed by atoms with Gasteiger partial charge in [0.05, 0.1) is 13.1 Å². The molecule has 2 amide bonds. The molecule has 0 fully saturated rings. The second-order valence-corrected chi connectivity index (χ2v) is 3.74. The molecular weight excluding hydrogens is 239 g/mol. The highest BCUT2D eigenvalue weighted by Gasteiger charge is 2.26. The SMILES string of the molecule is CC(NC(=O)CNCC(F)(F)F)C(=O)N(C)C. The van der Waals surface area contributed by atoms with Crippen LogP contribution in [0.4, 0.5) is 13.2 Å². The summed E-state index contributed by atoms with van der Waals surface area (Å²) in [6.07, 6.45) is -4.36. The molecule has 1 atom stereocenters. The highest BCUT2D eigenvalue weighted by atomic mass is 19.4. The summed E-state index contributed by atoms with van der Waals surface area (Å²) in [5, 5.41) is 4.22. The monoisotopic (exact) mass is 255 g/mol. The van der Waals surface area contributed by atoms with Crippen LogP contribution in [-0.2, 0) is 9.59 Å². The second kappa shape index (κ2) is 6.43. The summed E-state index contributed by atoms with van der Waals surface area (Å²) in [5.74, 6) is -0.980. The van der Waals surface area contributed by atoms with Crippen molar-refractivity contribution in [3.63, 3.8) is 0 Å². The molecule has 0 aliphatic rings. The Labute approximate surface area is 97.3 Å². The summed E-state index contributed by atoms with van der Waals surface area (Å²) in [5.41, 5.74) is 0. The van der Waals surface area contributed by atoms with Crippen molar-refractivity contribution in [3.8, 4) is 0 Å². The van der Waals surface area contributed by atoms with Gasteiger partial charge in [-0.3, -0.25) is 9.59 Å². The van der Waals surface area contributed by atoms with E-state index in [9.17, 15) is 22.8 Å². The fourth-order valence-corrected chi connectivity index (χ4v) is 1.06. The van der Waals surface area contributed by atoms with Crippen molar-refractivity contribution in [1.29, 1.82) is 0 Å². The molecule has 5 nitrogen and oxygen atoms in total. The molecule has 0 saturated heterocycles. The third kappa shape index (κ3) is 7.56. The standard InChI is InChI=1S/C9H16F3N3O2/c1-6(8(17)15(2)3)14-7(16)4-13-5-9(10,11)12/h6,13H,4-5H2,1-3H3,(H,14,16). The van der Waals surface area contributed by atoms with Crippen LogP contribution in [0.25, 0.3) is 0 Å². The number of likely N-dealkylation sites (N-methyl/N-ethyl adjacent to an activating group) is 1. The molecule has 0 aromatic heterocycles. The summed E-state index contributed by atoms with van der Waals surface area (Å²) in [7, 11) is 3.04. The predicted molar refractivity (Wildman–Crippen MR) is 55.2 cm³/mol. The molecule has 100 valence electrons. The quantitative estimate of drug-likeness (QED) is 0.711. The first-order valence-corrected chi connectivity index (χ1v) is 4.91. The van der Waals surface area contributed by atoms with Gasteiger partial charge in [-0.1, -0.05) is 0 Å². The molecule has 0 spiro atoms. The van der Waals surface area contributed by atoms with Crippen LogP contribution in [-0.4, -0.2) is 56.1 Å². The highest BCUT2D eigenvalue weighted by molar-refractivity contribution is 5.87. The van der Waals surface area contributed by atoms with Crippen molar-refractivity contribution < 1.29 is 22.8 Å². The maximum absolute atomic E-state index is 11.7. The molecule has 0 saturated carbocycles. The normalized spacial score (nSPS) is 13.1. The third-order valence-electron chi connectivity index (χ3n) is 1.80. The van der Waals surface area contributed by atoms with Gasteiger partial charge in [0.25, 0.3) is 0 Å². The number of halogens is 3. The van der Waals surface area contributed by atoms with Crippen LogP contribution >= 0.6 is 0 Å². The molecule has 0 aromatic carbocycles. The number of carbonyl (C=O) groups excluding carboxylic acids is 2. The Balaban J connectivity index is 3.91. The number of hydrogen-bond acceptors (Lipinski definition) is 3. The van der Waals surface area contributed by atoms with E-state index in [0.29, 0.717) is 0 Å². The lowest BCUT2D eigenvalue weighted by molar-refractivity contribution is -0.135. The van der Waals surface area contributed by atoms with Crippen LogP contribution < -0.4 is 10.6 Å². The molecule has 1 unspecified atom stereocenters. The van der Waals surface area contributed by atoms with Crippen LogP contribution in [0.2, 0.25) is 0 Å². The van der Waals surface area contributed by atoms with Gasteiger partial charge in [-0.2, -0.15) is 13.2 Å². The summed E-state index contributed by atoms with van der Waals surface area (Å²) in [4.78, 5) is 23.8. The van der Waals surface area contributed by atoms with Crippen molar-refractivity contribution >= 4 is 11.8 Å². The van der Waals surface area contributed by atoms with Gasteiger partial charge >= 0.3 is 6.18 Å². The zero-order valence-electron chi connectivity index (χ0n) is 9.89. The van der Waals surface area contributed by atoms with Gasteiger partial charge in [0.2, 0.25) is 11.8 Å². The molecule has 8 heteroatoms. The molecule has 0 radical (unpaired) electrons. The molecule has 0 aliphatic carbocycles.